The molecule has 0 aliphatic carbocycles. The predicted molar refractivity (Wildman–Crippen MR) is 45.8 cm³/mol. The van der Waals surface area contributed by atoms with Crippen LogP contribution in [-0.4, -0.2) is 20.2 Å². The minimum Gasteiger partial charge on any atom is -0.368 e. The van der Waals surface area contributed by atoms with Crippen molar-refractivity contribution in [3.63, 3.8) is 0 Å². The number of hydrogen-bond acceptors (Lipinski definition) is 4. The molecule has 2 heterocycles. The summed E-state index contributed by atoms with van der Waals surface area (Å²) in [6.45, 7) is 1.85. The van der Waals surface area contributed by atoms with Gasteiger partial charge in [0, 0.05) is 5.69 Å². The molecule has 0 saturated heterocycles. The molecule has 3 N–H and O–H groups in total. The maximum Gasteiger partial charge on any atom is 0.223 e. The Hall–Kier alpha value is -1.36. The van der Waals surface area contributed by atoms with E-state index in [4.69, 9.17) is 17.3 Å². The molecule has 2 aromatic rings. The Morgan fingerprint density at radius 1 is 1.42 bits per heavy atom. The van der Waals surface area contributed by atoms with Crippen molar-refractivity contribution < 1.29 is 0 Å². The number of nitrogens with one attached hydrogen (secondary N) is 1. The molecule has 62 valence electrons. The average Bonchev–Trinajstić information content (AvgIpc) is 2.31. The first-order valence-corrected chi connectivity index (χ1v) is 3.70. The molecule has 0 amide bonds. The van der Waals surface area contributed by atoms with Crippen LogP contribution in [0.3, 0.4) is 0 Å². The molecule has 0 bridgehead atoms. The summed E-state index contributed by atoms with van der Waals surface area (Å²) in [4.78, 5) is 7.70. The standard InChI is InChI=1S/C6H6ClN5/c1-2-3-4(7)9-6(8)10-5(3)12-11-2/h1H3,(H3,8,9,10,11,12). The van der Waals surface area contributed by atoms with Gasteiger partial charge in [-0.1, -0.05) is 11.6 Å². The average molecular weight is 184 g/mol. The van der Waals surface area contributed by atoms with Crippen LogP contribution in [0.5, 0.6) is 0 Å². The fraction of sp³-hybridized carbons (Fsp3) is 0.167. The Morgan fingerprint density at radius 2 is 2.17 bits per heavy atom. The maximum atomic E-state index is 5.82. The molecule has 0 unspecified atom stereocenters. The second-order valence-electron chi connectivity index (χ2n) is 2.42. The van der Waals surface area contributed by atoms with E-state index in [0.717, 1.165) is 11.1 Å². The normalized spacial score (nSPS) is 10.8. The Balaban J connectivity index is 2.93. The van der Waals surface area contributed by atoms with Gasteiger partial charge in [0.25, 0.3) is 0 Å². The van der Waals surface area contributed by atoms with Crippen molar-refractivity contribution in [2.24, 2.45) is 0 Å². The van der Waals surface area contributed by atoms with Gasteiger partial charge in [0.1, 0.15) is 5.15 Å². The number of hydrogen-bond donors (Lipinski definition) is 2. The molecule has 0 spiro atoms. The number of H-pyrrole nitrogens is 1. The molecule has 0 aliphatic heterocycles. The van der Waals surface area contributed by atoms with Crippen LogP contribution in [0.1, 0.15) is 5.69 Å². The van der Waals surface area contributed by atoms with E-state index in [1.807, 2.05) is 6.92 Å². The number of aromatic amines is 1. The van der Waals surface area contributed by atoms with Gasteiger partial charge < -0.3 is 5.73 Å². The molecule has 0 radical (unpaired) electrons. The first kappa shape index (κ1) is 7.30. The Bertz CT molecular complexity index is 435. The van der Waals surface area contributed by atoms with Gasteiger partial charge in [0.15, 0.2) is 5.65 Å². The van der Waals surface area contributed by atoms with Crippen LogP contribution >= 0.6 is 11.6 Å². The molecule has 2 aromatic heterocycles. The van der Waals surface area contributed by atoms with Crippen LogP contribution in [0, 0.1) is 6.92 Å². The highest BCUT2D eigenvalue weighted by Crippen LogP contribution is 2.21. The largest absolute Gasteiger partial charge is 0.368 e. The minimum absolute atomic E-state index is 0.138. The lowest BCUT2D eigenvalue weighted by molar-refractivity contribution is 1.05. The van der Waals surface area contributed by atoms with Gasteiger partial charge in [-0.25, -0.2) is 4.98 Å². The van der Waals surface area contributed by atoms with Gasteiger partial charge >= 0.3 is 0 Å². The van der Waals surface area contributed by atoms with Crippen molar-refractivity contribution in [3.8, 4) is 0 Å². The molecule has 0 fully saturated rings. The molecule has 0 aliphatic rings. The molecule has 2 rings (SSSR count). The number of anilines is 1. The smallest absolute Gasteiger partial charge is 0.223 e. The van der Waals surface area contributed by atoms with E-state index in [1.165, 1.54) is 0 Å². The first-order chi connectivity index (χ1) is 5.68. The number of nitrogen functional groups attached to an aromatic ring is 1. The van der Waals surface area contributed by atoms with E-state index in [0.29, 0.717) is 10.8 Å². The number of aromatic nitrogens is 4. The highest BCUT2D eigenvalue weighted by Gasteiger charge is 2.08. The van der Waals surface area contributed by atoms with Crippen LogP contribution in [0.15, 0.2) is 0 Å². The highest BCUT2D eigenvalue weighted by molar-refractivity contribution is 6.34. The molecule has 0 saturated carbocycles. The summed E-state index contributed by atoms with van der Waals surface area (Å²) in [6.07, 6.45) is 0. The number of rotatable bonds is 0. The lowest BCUT2D eigenvalue weighted by Gasteiger charge is -1.93. The van der Waals surface area contributed by atoms with E-state index in [1.54, 1.807) is 0 Å². The van der Waals surface area contributed by atoms with Crippen LogP contribution in [0.2, 0.25) is 5.15 Å². The van der Waals surface area contributed by atoms with Gasteiger partial charge in [-0.3, -0.25) is 5.10 Å². The monoisotopic (exact) mass is 183 g/mol. The highest BCUT2D eigenvalue weighted by atomic mass is 35.5. The Labute approximate surface area is 73.0 Å². The van der Waals surface area contributed by atoms with Crippen molar-refractivity contribution >= 4 is 28.6 Å². The van der Waals surface area contributed by atoms with Crippen molar-refractivity contribution in [1.82, 2.24) is 20.2 Å². The zero-order valence-electron chi connectivity index (χ0n) is 6.30. The van der Waals surface area contributed by atoms with E-state index in [-0.39, 0.29) is 5.95 Å². The molecule has 5 nitrogen and oxygen atoms in total. The number of nitrogens with zero attached hydrogens (tertiary/aromatic N) is 3. The molecule has 6 heteroatoms. The van der Waals surface area contributed by atoms with E-state index in [9.17, 15) is 0 Å². The Morgan fingerprint density at radius 3 is 2.92 bits per heavy atom. The topological polar surface area (TPSA) is 80.5 Å². The molecule has 0 aromatic carbocycles. The van der Waals surface area contributed by atoms with Crippen LogP contribution in [-0.2, 0) is 0 Å². The van der Waals surface area contributed by atoms with Crippen molar-refractivity contribution in [1.29, 1.82) is 0 Å². The summed E-state index contributed by atoms with van der Waals surface area (Å²) in [5, 5.41) is 7.72. The molecule has 0 atom stereocenters. The third kappa shape index (κ3) is 0.902. The molecular formula is C6H6ClN5. The zero-order valence-corrected chi connectivity index (χ0v) is 7.05. The zero-order chi connectivity index (χ0) is 8.72. The van der Waals surface area contributed by atoms with Crippen LogP contribution < -0.4 is 5.73 Å². The summed E-state index contributed by atoms with van der Waals surface area (Å²) in [5.41, 5.74) is 6.72. The van der Waals surface area contributed by atoms with Crippen LogP contribution in [0.4, 0.5) is 5.95 Å². The van der Waals surface area contributed by atoms with Crippen molar-refractivity contribution in [3.05, 3.63) is 10.8 Å². The van der Waals surface area contributed by atoms with E-state index < -0.39 is 0 Å². The summed E-state index contributed by atoms with van der Waals surface area (Å²) >= 11 is 5.82. The maximum absolute atomic E-state index is 5.82. The van der Waals surface area contributed by atoms with Crippen LogP contribution in [0.25, 0.3) is 11.0 Å². The summed E-state index contributed by atoms with van der Waals surface area (Å²) in [7, 11) is 0. The first-order valence-electron chi connectivity index (χ1n) is 3.32. The van der Waals surface area contributed by atoms with Gasteiger partial charge in [-0.2, -0.15) is 10.1 Å². The summed E-state index contributed by atoms with van der Waals surface area (Å²) in [6, 6.07) is 0. The van der Waals surface area contributed by atoms with Gasteiger partial charge in [0.2, 0.25) is 5.95 Å². The number of halogens is 1. The number of aryl methyl sites for hydroxylation is 1. The minimum atomic E-state index is 0.138. The fourth-order valence-electron chi connectivity index (χ4n) is 1.03. The quantitative estimate of drug-likeness (QED) is 0.595. The third-order valence-corrected chi connectivity index (χ3v) is 1.84. The lowest BCUT2D eigenvalue weighted by atomic mass is 10.3. The number of nitrogens with two attached hydrogens (primary N) is 1. The van der Waals surface area contributed by atoms with Gasteiger partial charge in [-0.05, 0) is 6.92 Å². The summed E-state index contributed by atoms with van der Waals surface area (Å²) in [5.74, 6) is 0.138. The SMILES string of the molecule is Cc1[nH]nc2nc(N)nc(Cl)c12. The van der Waals surface area contributed by atoms with Gasteiger partial charge in [0.05, 0.1) is 5.39 Å². The van der Waals surface area contributed by atoms with E-state index >= 15 is 0 Å². The number of fused-ring (bicyclic) bond motifs is 1. The molecule has 12 heavy (non-hydrogen) atoms. The second-order valence-corrected chi connectivity index (χ2v) is 2.78. The summed E-state index contributed by atoms with van der Waals surface area (Å²) < 4.78 is 0. The second kappa shape index (κ2) is 2.31. The van der Waals surface area contributed by atoms with E-state index in [2.05, 4.69) is 20.2 Å². The third-order valence-electron chi connectivity index (χ3n) is 1.57. The molecular weight excluding hydrogens is 178 g/mol. The predicted octanol–water partition coefficient (Wildman–Crippen LogP) is 0.897. The Kier molecular flexibility index (Phi) is 1.41. The van der Waals surface area contributed by atoms with Crippen molar-refractivity contribution in [2.75, 3.05) is 5.73 Å². The van der Waals surface area contributed by atoms with Gasteiger partial charge in [-0.15, -0.1) is 0 Å². The van der Waals surface area contributed by atoms with Crippen molar-refractivity contribution in [2.45, 2.75) is 6.92 Å². The fourth-order valence-corrected chi connectivity index (χ4v) is 1.35. The lowest BCUT2D eigenvalue weighted by Crippen LogP contribution is -1.94.